The standard InChI is InChI=1S/C26H26FN5O/c1-18(19-7-9-22(27)10-8-19)29-26(33)21-11-14-31(15-12-21)25-24-17-23(20-5-3-2-4-6-20)30-32(24)16-13-28-25/h2-10,13,16-18,21H,11-12,14-15H2,1H3,(H,29,33). The van der Waals surface area contributed by atoms with Crippen molar-refractivity contribution < 1.29 is 9.18 Å². The summed E-state index contributed by atoms with van der Waals surface area (Å²) in [6, 6.07) is 18.3. The normalized spacial score (nSPS) is 15.5. The van der Waals surface area contributed by atoms with Gasteiger partial charge in [0.25, 0.3) is 0 Å². The molecule has 1 aliphatic rings. The summed E-state index contributed by atoms with van der Waals surface area (Å²) in [5.41, 5.74) is 3.84. The molecule has 1 fully saturated rings. The summed E-state index contributed by atoms with van der Waals surface area (Å²) in [5.74, 6) is 0.620. The van der Waals surface area contributed by atoms with E-state index in [0.717, 1.165) is 54.1 Å². The van der Waals surface area contributed by atoms with E-state index < -0.39 is 0 Å². The minimum Gasteiger partial charge on any atom is -0.355 e. The number of rotatable bonds is 5. The van der Waals surface area contributed by atoms with Crippen LogP contribution >= 0.6 is 0 Å². The van der Waals surface area contributed by atoms with Crippen molar-refractivity contribution in [2.24, 2.45) is 5.92 Å². The number of anilines is 1. The van der Waals surface area contributed by atoms with Crippen LogP contribution in [0.3, 0.4) is 0 Å². The van der Waals surface area contributed by atoms with E-state index in [1.165, 1.54) is 12.1 Å². The van der Waals surface area contributed by atoms with Gasteiger partial charge in [0.05, 0.1) is 11.7 Å². The predicted molar refractivity (Wildman–Crippen MR) is 126 cm³/mol. The van der Waals surface area contributed by atoms with Crippen LogP contribution in [-0.4, -0.2) is 33.6 Å². The first-order valence-corrected chi connectivity index (χ1v) is 11.3. The lowest BCUT2D eigenvalue weighted by Gasteiger charge is -2.32. The van der Waals surface area contributed by atoms with Crippen LogP contribution < -0.4 is 10.2 Å². The fraction of sp³-hybridized carbons (Fsp3) is 0.269. The second-order valence-electron chi connectivity index (χ2n) is 8.52. The Labute approximate surface area is 192 Å². The number of nitrogens with one attached hydrogen (secondary N) is 1. The monoisotopic (exact) mass is 443 g/mol. The van der Waals surface area contributed by atoms with Gasteiger partial charge in [-0.2, -0.15) is 5.10 Å². The van der Waals surface area contributed by atoms with Gasteiger partial charge in [0.15, 0.2) is 5.82 Å². The molecule has 168 valence electrons. The SMILES string of the molecule is CC(NC(=O)C1CCN(c2nccn3nc(-c4ccccc4)cc23)CC1)c1ccc(F)cc1. The number of piperidine rings is 1. The van der Waals surface area contributed by atoms with Gasteiger partial charge in [-0.1, -0.05) is 42.5 Å². The molecule has 1 unspecified atom stereocenters. The maximum absolute atomic E-state index is 13.2. The number of hydrogen-bond donors (Lipinski definition) is 1. The van der Waals surface area contributed by atoms with Crippen LogP contribution in [0.2, 0.25) is 0 Å². The molecule has 0 bridgehead atoms. The van der Waals surface area contributed by atoms with E-state index in [1.54, 1.807) is 18.3 Å². The predicted octanol–water partition coefficient (Wildman–Crippen LogP) is 4.63. The van der Waals surface area contributed by atoms with Crippen molar-refractivity contribution in [2.75, 3.05) is 18.0 Å². The van der Waals surface area contributed by atoms with Crippen LogP contribution in [0.15, 0.2) is 73.1 Å². The molecule has 1 amide bonds. The van der Waals surface area contributed by atoms with Crippen molar-refractivity contribution in [1.82, 2.24) is 19.9 Å². The lowest BCUT2D eigenvalue weighted by molar-refractivity contribution is -0.126. The molecule has 0 radical (unpaired) electrons. The molecule has 0 spiro atoms. The van der Waals surface area contributed by atoms with Gasteiger partial charge >= 0.3 is 0 Å². The van der Waals surface area contributed by atoms with Crippen LogP contribution in [0.5, 0.6) is 0 Å². The Morgan fingerprint density at radius 3 is 2.55 bits per heavy atom. The van der Waals surface area contributed by atoms with Crippen molar-refractivity contribution in [3.05, 3.63) is 84.4 Å². The molecule has 0 saturated carbocycles. The first-order chi connectivity index (χ1) is 16.1. The highest BCUT2D eigenvalue weighted by atomic mass is 19.1. The number of benzene rings is 2. The Morgan fingerprint density at radius 2 is 1.82 bits per heavy atom. The highest BCUT2D eigenvalue weighted by Crippen LogP contribution is 2.28. The molecule has 1 aliphatic heterocycles. The molecule has 1 atom stereocenters. The Kier molecular flexibility index (Phi) is 5.77. The summed E-state index contributed by atoms with van der Waals surface area (Å²) in [5, 5.41) is 7.79. The van der Waals surface area contributed by atoms with Gasteiger partial charge in [-0.25, -0.2) is 13.9 Å². The highest BCUT2D eigenvalue weighted by Gasteiger charge is 2.27. The summed E-state index contributed by atoms with van der Waals surface area (Å²) in [6.45, 7) is 3.43. The smallest absolute Gasteiger partial charge is 0.223 e. The largest absolute Gasteiger partial charge is 0.355 e. The molecular formula is C26H26FN5O. The minimum atomic E-state index is -0.276. The van der Waals surface area contributed by atoms with Crippen LogP contribution in [-0.2, 0) is 4.79 Å². The molecular weight excluding hydrogens is 417 g/mol. The summed E-state index contributed by atoms with van der Waals surface area (Å²) in [6.07, 6.45) is 5.14. The van der Waals surface area contributed by atoms with Crippen molar-refractivity contribution in [3.8, 4) is 11.3 Å². The van der Waals surface area contributed by atoms with Crippen LogP contribution in [0.1, 0.15) is 31.4 Å². The number of aromatic nitrogens is 3. The van der Waals surface area contributed by atoms with Gasteiger partial charge in [0.1, 0.15) is 11.3 Å². The zero-order valence-electron chi connectivity index (χ0n) is 18.5. The fourth-order valence-electron chi connectivity index (χ4n) is 4.42. The van der Waals surface area contributed by atoms with E-state index in [1.807, 2.05) is 48.0 Å². The first-order valence-electron chi connectivity index (χ1n) is 11.3. The summed E-state index contributed by atoms with van der Waals surface area (Å²) < 4.78 is 15.0. The van der Waals surface area contributed by atoms with Crippen molar-refractivity contribution in [2.45, 2.75) is 25.8 Å². The molecule has 2 aromatic heterocycles. The summed E-state index contributed by atoms with van der Waals surface area (Å²) in [7, 11) is 0. The third-order valence-corrected chi connectivity index (χ3v) is 6.33. The number of nitrogens with zero attached hydrogens (tertiary/aromatic N) is 4. The van der Waals surface area contributed by atoms with Crippen LogP contribution in [0, 0.1) is 11.7 Å². The third-order valence-electron chi connectivity index (χ3n) is 6.33. The molecule has 33 heavy (non-hydrogen) atoms. The Morgan fingerprint density at radius 1 is 1.09 bits per heavy atom. The Balaban J connectivity index is 1.26. The summed E-state index contributed by atoms with van der Waals surface area (Å²) >= 11 is 0. The van der Waals surface area contributed by atoms with Gasteiger partial charge in [-0.05, 0) is 43.5 Å². The second kappa shape index (κ2) is 9.02. The summed E-state index contributed by atoms with van der Waals surface area (Å²) in [4.78, 5) is 19.7. The second-order valence-corrected chi connectivity index (χ2v) is 8.52. The van der Waals surface area contributed by atoms with Crippen LogP contribution in [0.4, 0.5) is 10.2 Å². The zero-order valence-corrected chi connectivity index (χ0v) is 18.5. The fourth-order valence-corrected chi connectivity index (χ4v) is 4.42. The van der Waals surface area contributed by atoms with Gasteiger partial charge in [-0.15, -0.1) is 0 Å². The number of hydrogen-bond acceptors (Lipinski definition) is 4. The highest BCUT2D eigenvalue weighted by molar-refractivity contribution is 5.80. The van der Waals surface area contributed by atoms with Gasteiger partial charge in [0, 0.05) is 37.0 Å². The molecule has 1 N–H and O–H groups in total. The average molecular weight is 444 g/mol. The number of carbonyl (C=O) groups is 1. The number of halogens is 1. The molecule has 0 aliphatic carbocycles. The first kappa shape index (κ1) is 21.1. The molecule has 4 aromatic rings. The van der Waals surface area contributed by atoms with E-state index in [2.05, 4.69) is 21.3 Å². The average Bonchev–Trinajstić information content (AvgIpc) is 3.30. The molecule has 2 aromatic carbocycles. The van der Waals surface area contributed by atoms with Crippen molar-refractivity contribution in [1.29, 1.82) is 0 Å². The maximum atomic E-state index is 13.2. The third kappa shape index (κ3) is 4.44. The van der Waals surface area contributed by atoms with E-state index in [9.17, 15) is 9.18 Å². The van der Waals surface area contributed by atoms with E-state index in [0.29, 0.717) is 0 Å². The van der Waals surface area contributed by atoms with Gasteiger partial charge in [0.2, 0.25) is 5.91 Å². The van der Waals surface area contributed by atoms with Gasteiger partial charge in [-0.3, -0.25) is 4.79 Å². The van der Waals surface area contributed by atoms with Crippen molar-refractivity contribution >= 4 is 17.2 Å². The van der Waals surface area contributed by atoms with E-state index in [4.69, 9.17) is 5.10 Å². The molecule has 7 heteroatoms. The van der Waals surface area contributed by atoms with Crippen LogP contribution in [0.25, 0.3) is 16.8 Å². The topological polar surface area (TPSA) is 62.5 Å². The van der Waals surface area contributed by atoms with Crippen molar-refractivity contribution in [3.63, 3.8) is 0 Å². The van der Waals surface area contributed by atoms with E-state index in [-0.39, 0.29) is 23.7 Å². The maximum Gasteiger partial charge on any atom is 0.223 e. The molecule has 5 rings (SSSR count). The number of fused-ring (bicyclic) bond motifs is 1. The lowest BCUT2D eigenvalue weighted by atomic mass is 9.95. The minimum absolute atomic E-state index is 0.0475. The zero-order chi connectivity index (χ0) is 22.8. The molecule has 3 heterocycles. The van der Waals surface area contributed by atoms with Gasteiger partial charge < -0.3 is 10.2 Å². The number of amides is 1. The Hall–Kier alpha value is -3.74. The number of carbonyl (C=O) groups excluding carboxylic acids is 1. The lowest BCUT2D eigenvalue weighted by Crippen LogP contribution is -2.41. The molecule has 1 saturated heterocycles. The van der Waals surface area contributed by atoms with E-state index >= 15 is 0 Å². The molecule has 6 nitrogen and oxygen atoms in total. The quantitative estimate of drug-likeness (QED) is 0.489. The Bertz CT molecular complexity index is 1250.